The van der Waals surface area contributed by atoms with Crippen LogP contribution in [0.1, 0.15) is 56.1 Å². The number of aliphatic carboxylic acids is 1. The van der Waals surface area contributed by atoms with Crippen LogP contribution in [-0.4, -0.2) is 17.0 Å². The molecule has 1 saturated carbocycles. The topological polar surface area (TPSA) is 90.2 Å². The van der Waals surface area contributed by atoms with Gasteiger partial charge in [-0.1, -0.05) is 25.7 Å². The molecule has 2 rings (SSSR count). The van der Waals surface area contributed by atoms with Crippen molar-refractivity contribution in [3.05, 3.63) is 23.3 Å². The van der Waals surface area contributed by atoms with Gasteiger partial charge in [0, 0.05) is 17.0 Å². The Bertz CT molecular complexity index is 678. The molecule has 0 heterocycles. The van der Waals surface area contributed by atoms with E-state index in [4.69, 9.17) is 5.26 Å². The number of thiocyanates is 1. The predicted octanol–water partition coefficient (Wildman–Crippen LogP) is 4.63. The maximum atomic E-state index is 12.6. The molecule has 0 bridgehead atoms. The van der Waals surface area contributed by atoms with Crippen molar-refractivity contribution < 1.29 is 14.7 Å². The zero-order chi connectivity index (χ0) is 18.4. The number of hydrogen-bond acceptors (Lipinski definition) is 4. The highest BCUT2D eigenvalue weighted by molar-refractivity contribution is 8.03. The largest absolute Gasteiger partial charge is 0.481 e. The van der Waals surface area contributed by atoms with Crippen molar-refractivity contribution >= 4 is 29.3 Å². The summed E-state index contributed by atoms with van der Waals surface area (Å²) < 4.78 is 0. The van der Waals surface area contributed by atoms with E-state index in [0.717, 1.165) is 53.5 Å². The van der Waals surface area contributed by atoms with E-state index in [1.54, 1.807) is 0 Å². The molecule has 0 saturated heterocycles. The number of carboxylic acids is 1. The van der Waals surface area contributed by atoms with Crippen LogP contribution in [-0.2, 0) is 9.59 Å². The van der Waals surface area contributed by atoms with Crippen molar-refractivity contribution in [2.75, 3.05) is 5.32 Å². The second kappa shape index (κ2) is 8.39. The number of hydrogen-bond donors (Lipinski definition) is 2. The molecule has 1 fully saturated rings. The van der Waals surface area contributed by atoms with E-state index >= 15 is 0 Å². The highest BCUT2D eigenvalue weighted by atomic mass is 32.2. The predicted molar refractivity (Wildman–Crippen MR) is 98.4 cm³/mol. The number of nitrogens with zero attached hydrogens (tertiary/aromatic N) is 1. The number of carboxylic acid groups (broad SMARTS) is 1. The maximum absolute atomic E-state index is 12.6. The minimum Gasteiger partial charge on any atom is -0.481 e. The molecule has 6 heteroatoms. The first-order valence-corrected chi connectivity index (χ1v) is 9.40. The Balaban J connectivity index is 2.16. The van der Waals surface area contributed by atoms with Gasteiger partial charge in [-0.3, -0.25) is 9.59 Å². The van der Waals surface area contributed by atoms with Crippen LogP contribution in [0, 0.1) is 29.9 Å². The number of anilines is 1. The SMILES string of the molecule is Cc1cc(SC#N)cc(C)c1NC(=O)CC1(C(=O)O)CCCCCC1. The summed E-state index contributed by atoms with van der Waals surface area (Å²) in [5.74, 6) is -1.12. The minimum absolute atomic E-state index is 0.00983. The molecule has 2 N–H and O–H groups in total. The molecule has 0 unspecified atom stereocenters. The molecular formula is C19H24N2O3S. The number of carbonyl (C=O) groups excluding carboxylic acids is 1. The molecule has 5 nitrogen and oxygen atoms in total. The zero-order valence-electron chi connectivity index (χ0n) is 14.7. The number of rotatable bonds is 5. The third kappa shape index (κ3) is 4.76. The molecule has 25 heavy (non-hydrogen) atoms. The van der Waals surface area contributed by atoms with Gasteiger partial charge in [0.15, 0.2) is 0 Å². The zero-order valence-corrected chi connectivity index (χ0v) is 15.5. The molecule has 0 spiro atoms. The Labute approximate surface area is 152 Å². The van der Waals surface area contributed by atoms with Crippen LogP contribution >= 0.6 is 11.8 Å². The summed E-state index contributed by atoms with van der Waals surface area (Å²) in [6, 6.07) is 3.71. The van der Waals surface area contributed by atoms with Crippen molar-refractivity contribution in [3.8, 4) is 5.40 Å². The summed E-state index contributed by atoms with van der Waals surface area (Å²) in [4.78, 5) is 25.3. The van der Waals surface area contributed by atoms with Crippen LogP contribution in [0.2, 0.25) is 0 Å². The maximum Gasteiger partial charge on any atom is 0.310 e. The van der Waals surface area contributed by atoms with Crippen molar-refractivity contribution in [3.63, 3.8) is 0 Å². The van der Waals surface area contributed by atoms with Gasteiger partial charge in [-0.2, -0.15) is 5.26 Å². The lowest BCUT2D eigenvalue weighted by atomic mass is 9.77. The van der Waals surface area contributed by atoms with E-state index in [9.17, 15) is 14.7 Å². The van der Waals surface area contributed by atoms with Crippen LogP contribution in [0.15, 0.2) is 17.0 Å². The second-order valence-electron chi connectivity index (χ2n) is 6.85. The second-order valence-corrected chi connectivity index (χ2v) is 7.71. The Morgan fingerprint density at radius 2 is 1.76 bits per heavy atom. The van der Waals surface area contributed by atoms with Gasteiger partial charge < -0.3 is 10.4 Å². The molecule has 0 radical (unpaired) electrons. The minimum atomic E-state index is -0.945. The van der Waals surface area contributed by atoms with Gasteiger partial charge in [-0.05, 0) is 61.7 Å². The van der Waals surface area contributed by atoms with E-state index in [0.29, 0.717) is 18.5 Å². The Morgan fingerprint density at radius 3 is 2.24 bits per heavy atom. The standard InChI is InChI=1S/C19H24N2O3S/c1-13-9-15(25-12-20)10-14(2)17(13)21-16(22)11-19(18(23)24)7-5-3-4-6-8-19/h9-10H,3-8,11H2,1-2H3,(H,21,22)(H,23,24). The van der Waals surface area contributed by atoms with Crippen LogP contribution in [0.5, 0.6) is 0 Å². The number of aryl methyl sites for hydroxylation is 2. The third-order valence-electron chi connectivity index (χ3n) is 4.95. The average molecular weight is 360 g/mol. The smallest absolute Gasteiger partial charge is 0.310 e. The highest BCUT2D eigenvalue weighted by Crippen LogP contribution is 2.39. The molecule has 0 atom stereocenters. The molecule has 1 amide bonds. The van der Waals surface area contributed by atoms with Gasteiger partial charge in [0.05, 0.1) is 5.41 Å². The molecule has 0 aliphatic heterocycles. The van der Waals surface area contributed by atoms with Crippen molar-refractivity contribution in [2.45, 2.75) is 63.7 Å². The first-order chi connectivity index (χ1) is 11.9. The monoisotopic (exact) mass is 360 g/mol. The summed E-state index contributed by atoms with van der Waals surface area (Å²) in [5, 5.41) is 23.5. The number of nitrogens with one attached hydrogen (secondary N) is 1. The van der Waals surface area contributed by atoms with Gasteiger partial charge in [-0.25, -0.2) is 0 Å². The van der Waals surface area contributed by atoms with E-state index in [2.05, 4.69) is 5.32 Å². The van der Waals surface area contributed by atoms with E-state index in [1.165, 1.54) is 0 Å². The fraction of sp³-hybridized carbons (Fsp3) is 0.526. The number of carbonyl (C=O) groups is 2. The lowest BCUT2D eigenvalue weighted by molar-refractivity contribution is -0.152. The number of nitriles is 1. The molecule has 0 aromatic heterocycles. The van der Waals surface area contributed by atoms with E-state index in [-0.39, 0.29) is 12.3 Å². The average Bonchev–Trinajstić information content (AvgIpc) is 2.78. The summed E-state index contributed by atoms with van der Waals surface area (Å²) in [6.45, 7) is 3.76. The van der Waals surface area contributed by atoms with Crippen molar-refractivity contribution in [2.24, 2.45) is 5.41 Å². The van der Waals surface area contributed by atoms with Crippen molar-refractivity contribution in [1.29, 1.82) is 5.26 Å². The number of benzene rings is 1. The van der Waals surface area contributed by atoms with Gasteiger partial charge in [0.1, 0.15) is 5.40 Å². The molecule has 134 valence electrons. The summed E-state index contributed by atoms with van der Waals surface area (Å²) >= 11 is 1.08. The summed E-state index contributed by atoms with van der Waals surface area (Å²) in [5.41, 5.74) is 1.51. The van der Waals surface area contributed by atoms with Gasteiger partial charge in [0.2, 0.25) is 5.91 Å². The summed E-state index contributed by atoms with van der Waals surface area (Å²) in [6.07, 6.45) is 4.92. The van der Waals surface area contributed by atoms with Gasteiger partial charge in [-0.15, -0.1) is 0 Å². The normalized spacial score (nSPS) is 16.5. The molecule has 1 aliphatic carbocycles. The quantitative estimate of drug-likeness (QED) is 0.454. The fourth-order valence-electron chi connectivity index (χ4n) is 3.60. The van der Waals surface area contributed by atoms with Crippen LogP contribution in [0.3, 0.4) is 0 Å². The molecule has 1 aliphatic rings. The first kappa shape index (κ1) is 19.3. The third-order valence-corrected chi connectivity index (χ3v) is 5.51. The van der Waals surface area contributed by atoms with Gasteiger partial charge >= 0.3 is 5.97 Å². The molecular weight excluding hydrogens is 336 g/mol. The fourth-order valence-corrected chi connectivity index (χ4v) is 4.17. The van der Waals surface area contributed by atoms with Crippen molar-refractivity contribution in [1.82, 2.24) is 0 Å². The first-order valence-electron chi connectivity index (χ1n) is 8.58. The van der Waals surface area contributed by atoms with Crippen LogP contribution < -0.4 is 5.32 Å². The van der Waals surface area contributed by atoms with Gasteiger partial charge in [0.25, 0.3) is 0 Å². The Kier molecular flexibility index (Phi) is 6.49. The number of amides is 1. The Morgan fingerprint density at radius 1 is 1.20 bits per heavy atom. The van der Waals surface area contributed by atoms with E-state index in [1.807, 2.05) is 31.4 Å². The van der Waals surface area contributed by atoms with E-state index < -0.39 is 11.4 Å². The molecule has 1 aromatic rings. The lowest BCUT2D eigenvalue weighted by Gasteiger charge is -2.27. The lowest BCUT2D eigenvalue weighted by Crippen LogP contribution is -2.35. The highest BCUT2D eigenvalue weighted by Gasteiger charge is 2.40. The summed E-state index contributed by atoms with van der Waals surface area (Å²) in [7, 11) is 0. The number of thioether (sulfide) groups is 1. The molecule has 1 aromatic carbocycles. The van der Waals surface area contributed by atoms with Crippen LogP contribution in [0.4, 0.5) is 5.69 Å². The Hall–Kier alpha value is -2.00. The van der Waals surface area contributed by atoms with Crippen LogP contribution in [0.25, 0.3) is 0 Å².